The molecule has 0 aromatic heterocycles. The zero-order valence-corrected chi connectivity index (χ0v) is 17.7. The number of nitrogens with zero attached hydrogens (tertiary/aromatic N) is 2. The van der Waals surface area contributed by atoms with Gasteiger partial charge in [-0.15, -0.1) is 24.0 Å². The van der Waals surface area contributed by atoms with Gasteiger partial charge in [0.1, 0.15) is 0 Å². The Morgan fingerprint density at radius 1 is 1.09 bits per heavy atom. The SMILES string of the molecule is CCCCOCCOCCNC(=NC)N1CC(C)CC(C)C1.I. The second-order valence-electron chi connectivity index (χ2n) is 6.40. The topological polar surface area (TPSA) is 46.1 Å². The number of rotatable bonds is 9. The fraction of sp³-hybridized carbons (Fsp3) is 0.941. The maximum atomic E-state index is 5.58. The molecule has 23 heavy (non-hydrogen) atoms. The summed E-state index contributed by atoms with van der Waals surface area (Å²) in [6.45, 7) is 12.7. The van der Waals surface area contributed by atoms with Crippen LogP contribution < -0.4 is 5.32 Å². The Hall–Kier alpha value is -0.0800. The molecule has 1 fully saturated rings. The van der Waals surface area contributed by atoms with Crippen LogP contribution in [0.5, 0.6) is 0 Å². The highest BCUT2D eigenvalue weighted by molar-refractivity contribution is 14.0. The first-order chi connectivity index (χ1) is 10.7. The zero-order chi connectivity index (χ0) is 16.2. The Morgan fingerprint density at radius 2 is 1.70 bits per heavy atom. The molecule has 6 heteroatoms. The summed E-state index contributed by atoms with van der Waals surface area (Å²) >= 11 is 0. The number of aliphatic imine (C=N–C) groups is 1. The molecule has 2 unspecified atom stereocenters. The molecule has 138 valence electrons. The normalized spacial score (nSPS) is 21.9. The monoisotopic (exact) mass is 441 g/mol. The Balaban J connectivity index is 0.00000484. The van der Waals surface area contributed by atoms with Gasteiger partial charge in [0.05, 0.1) is 19.8 Å². The molecule has 0 aromatic rings. The van der Waals surface area contributed by atoms with E-state index in [1.807, 2.05) is 7.05 Å². The Morgan fingerprint density at radius 3 is 2.26 bits per heavy atom. The molecule has 1 aliphatic heterocycles. The minimum atomic E-state index is 0. The Bertz CT molecular complexity index is 306. The lowest BCUT2D eigenvalue weighted by Gasteiger charge is -2.37. The zero-order valence-electron chi connectivity index (χ0n) is 15.3. The highest BCUT2D eigenvalue weighted by atomic mass is 127. The van der Waals surface area contributed by atoms with Gasteiger partial charge < -0.3 is 19.7 Å². The molecule has 0 amide bonds. The van der Waals surface area contributed by atoms with E-state index in [0.717, 1.165) is 50.5 Å². The van der Waals surface area contributed by atoms with E-state index in [0.29, 0.717) is 19.8 Å². The summed E-state index contributed by atoms with van der Waals surface area (Å²) in [5.74, 6) is 2.47. The summed E-state index contributed by atoms with van der Waals surface area (Å²) in [4.78, 5) is 6.77. The highest BCUT2D eigenvalue weighted by Crippen LogP contribution is 2.20. The first kappa shape index (κ1) is 22.9. The van der Waals surface area contributed by atoms with E-state index in [4.69, 9.17) is 9.47 Å². The van der Waals surface area contributed by atoms with Crippen LogP contribution in [-0.2, 0) is 9.47 Å². The van der Waals surface area contributed by atoms with Gasteiger partial charge in [-0.25, -0.2) is 0 Å². The third-order valence-electron chi connectivity index (χ3n) is 3.92. The molecule has 0 aliphatic carbocycles. The van der Waals surface area contributed by atoms with Gasteiger partial charge in [0, 0.05) is 33.3 Å². The molecule has 5 nitrogen and oxygen atoms in total. The number of hydrogen-bond acceptors (Lipinski definition) is 3. The molecule has 0 radical (unpaired) electrons. The lowest BCUT2D eigenvalue weighted by Crippen LogP contribution is -2.49. The van der Waals surface area contributed by atoms with Crippen molar-refractivity contribution in [2.75, 3.05) is 53.1 Å². The first-order valence-electron chi connectivity index (χ1n) is 8.78. The van der Waals surface area contributed by atoms with E-state index in [9.17, 15) is 0 Å². The standard InChI is InChI=1S/C17H35N3O2.HI/c1-5-6-8-21-10-11-22-9-7-19-17(18-4)20-13-15(2)12-16(3)14-20;/h15-16H,5-14H2,1-4H3,(H,18,19);1H. The van der Waals surface area contributed by atoms with Crippen LogP contribution in [0, 0.1) is 11.8 Å². The Labute approximate surface area is 159 Å². The average molecular weight is 441 g/mol. The van der Waals surface area contributed by atoms with Crippen molar-refractivity contribution < 1.29 is 9.47 Å². The van der Waals surface area contributed by atoms with Crippen LogP contribution in [0.4, 0.5) is 0 Å². The quantitative estimate of drug-likeness (QED) is 0.259. The van der Waals surface area contributed by atoms with Crippen LogP contribution in [0.15, 0.2) is 4.99 Å². The maximum Gasteiger partial charge on any atom is 0.193 e. The number of guanidine groups is 1. The summed E-state index contributed by atoms with van der Waals surface area (Å²) in [7, 11) is 1.86. The van der Waals surface area contributed by atoms with Crippen molar-refractivity contribution >= 4 is 29.9 Å². The lowest BCUT2D eigenvalue weighted by molar-refractivity contribution is 0.0485. The lowest BCUT2D eigenvalue weighted by atomic mass is 9.92. The predicted molar refractivity (Wildman–Crippen MR) is 108 cm³/mol. The van der Waals surface area contributed by atoms with Crippen LogP contribution >= 0.6 is 24.0 Å². The number of hydrogen-bond donors (Lipinski definition) is 1. The molecule has 0 saturated carbocycles. The first-order valence-corrected chi connectivity index (χ1v) is 8.78. The van der Waals surface area contributed by atoms with E-state index in [2.05, 4.69) is 36.0 Å². The van der Waals surface area contributed by atoms with Gasteiger partial charge in [-0.05, 0) is 24.7 Å². The summed E-state index contributed by atoms with van der Waals surface area (Å²) in [6, 6.07) is 0. The van der Waals surface area contributed by atoms with Crippen molar-refractivity contribution in [1.29, 1.82) is 0 Å². The summed E-state index contributed by atoms with van der Waals surface area (Å²) < 4.78 is 11.0. The number of unbranched alkanes of at least 4 members (excludes halogenated alkanes) is 1. The maximum absolute atomic E-state index is 5.58. The van der Waals surface area contributed by atoms with Crippen LogP contribution in [0.25, 0.3) is 0 Å². The molecule has 1 N–H and O–H groups in total. The van der Waals surface area contributed by atoms with E-state index >= 15 is 0 Å². The van der Waals surface area contributed by atoms with Crippen molar-refractivity contribution in [3.8, 4) is 0 Å². The van der Waals surface area contributed by atoms with E-state index in [1.54, 1.807) is 0 Å². The minimum absolute atomic E-state index is 0. The molecule has 0 spiro atoms. The number of likely N-dealkylation sites (tertiary alicyclic amines) is 1. The fourth-order valence-corrected chi connectivity index (χ4v) is 2.97. The van der Waals surface area contributed by atoms with Crippen molar-refractivity contribution in [3.63, 3.8) is 0 Å². The number of halogens is 1. The van der Waals surface area contributed by atoms with Crippen LogP contribution in [0.3, 0.4) is 0 Å². The minimum Gasteiger partial charge on any atom is -0.379 e. The van der Waals surface area contributed by atoms with Gasteiger partial charge >= 0.3 is 0 Å². The van der Waals surface area contributed by atoms with Gasteiger partial charge in [-0.3, -0.25) is 4.99 Å². The van der Waals surface area contributed by atoms with Gasteiger partial charge in [-0.1, -0.05) is 27.2 Å². The highest BCUT2D eigenvalue weighted by Gasteiger charge is 2.23. The van der Waals surface area contributed by atoms with Gasteiger partial charge in [0.2, 0.25) is 0 Å². The van der Waals surface area contributed by atoms with Crippen LogP contribution in [0.1, 0.15) is 40.0 Å². The molecule has 1 aliphatic rings. The van der Waals surface area contributed by atoms with E-state index in [1.165, 1.54) is 12.8 Å². The second-order valence-corrected chi connectivity index (χ2v) is 6.40. The summed E-state index contributed by atoms with van der Waals surface area (Å²) in [5.41, 5.74) is 0. The van der Waals surface area contributed by atoms with E-state index in [-0.39, 0.29) is 24.0 Å². The second kappa shape index (κ2) is 14.3. The average Bonchev–Trinajstić information content (AvgIpc) is 2.48. The number of ether oxygens (including phenoxy) is 2. The number of nitrogens with one attached hydrogen (secondary N) is 1. The summed E-state index contributed by atoms with van der Waals surface area (Å²) in [5, 5.41) is 3.40. The van der Waals surface area contributed by atoms with E-state index < -0.39 is 0 Å². The summed E-state index contributed by atoms with van der Waals surface area (Å²) in [6.07, 6.45) is 3.62. The van der Waals surface area contributed by atoms with Crippen LogP contribution in [-0.4, -0.2) is 64.0 Å². The smallest absolute Gasteiger partial charge is 0.193 e. The third-order valence-corrected chi connectivity index (χ3v) is 3.92. The Kier molecular flexibility index (Phi) is 14.2. The third kappa shape index (κ3) is 10.4. The van der Waals surface area contributed by atoms with Crippen LogP contribution in [0.2, 0.25) is 0 Å². The number of piperidine rings is 1. The molecule has 1 heterocycles. The van der Waals surface area contributed by atoms with Gasteiger partial charge in [0.15, 0.2) is 5.96 Å². The molecular formula is C17H36IN3O2. The largest absolute Gasteiger partial charge is 0.379 e. The van der Waals surface area contributed by atoms with Crippen molar-refractivity contribution in [1.82, 2.24) is 10.2 Å². The predicted octanol–water partition coefficient (Wildman–Crippen LogP) is 2.99. The van der Waals surface area contributed by atoms with Crippen molar-refractivity contribution in [3.05, 3.63) is 0 Å². The van der Waals surface area contributed by atoms with Crippen molar-refractivity contribution in [2.45, 2.75) is 40.0 Å². The fourth-order valence-electron chi connectivity index (χ4n) is 2.97. The molecule has 1 saturated heterocycles. The molecule has 1 rings (SSSR count). The van der Waals surface area contributed by atoms with Crippen molar-refractivity contribution in [2.24, 2.45) is 16.8 Å². The molecular weight excluding hydrogens is 405 g/mol. The molecule has 0 aromatic carbocycles. The van der Waals surface area contributed by atoms with Gasteiger partial charge in [-0.2, -0.15) is 0 Å². The van der Waals surface area contributed by atoms with Gasteiger partial charge in [0.25, 0.3) is 0 Å². The molecule has 0 bridgehead atoms. The molecule has 2 atom stereocenters.